The Labute approximate surface area is 114 Å². The van der Waals surface area contributed by atoms with Crippen molar-refractivity contribution in [2.24, 2.45) is 17.6 Å². The average Bonchev–Trinajstić information content (AvgIpc) is 3.09. The molecule has 1 aromatic heterocycles. The van der Waals surface area contributed by atoms with Crippen molar-refractivity contribution in [2.75, 3.05) is 0 Å². The maximum absolute atomic E-state index is 11.1. The summed E-state index contributed by atoms with van der Waals surface area (Å²) < 4.78 is 2.03. The highest BCUT2D eigenvalue weighted by atomic mass is 16.1. The van der Waals surface area contributed by atoms with Crippen LogP contribution in [0.15, 0.2) is 0 Å². The van der Waals surface area contributed by atoms with E-state index in [0.717, 1.165) is 30.1 Å². The van der Waals surface area contributed by atoms with Crippen LogP contribution in [-0.2, 0) is 17.6 Å². The minimum Gasteiger partial charge on any atom is -0.369 e. The summed E-state index contributed by atoms with van der Waals surface area (Å²) in [6, 6.07) is 0.385. The lowest BCUT2D eigenvalue weighted by Gasteiger charge is -2.15. The summed E-state index contributed by atoms with van der Waals surface area (Å²) in [7, 11) is 0. The summed E-state index contributed by atoms with van der Waals surface area (Å²) in [4.78, 5) is 11.1. The topological polar surface area (TPSA) is 73.8 Å². The van der Waals surface area contributed by atoms with Gasteiger partial charge in [-0.05, 0) is 44.4 Å². The molecule has 1 heterocycles. The van der Waals surface area contributed by atoms with Crippen LogP contribution in [0.1, 0.15) is 57.5 Å². The fraction of sp³-hybridized carbons (Fsp3) is 0.786. The molecule has 1 aliphatic carbocycles. The molecule has 0 aliphatic heterocycles. The zero-order valence-electron chi connectivity index (χ0n) is 12.1. The van der Waals surface area contributed by atoms with Gasteiger partial charge in [-0.3, -0.25) is 4.79 Å². The lowest BCUT2D eigenvalue weighted by Crippen LogP contribution is -2.17. The van der Waals surface area contributed by atoms with Gasteiger partial charge >= 0.3 is 0 Å². The molecule has 0 radical (unpaired) electrons. The maximum atomic E-state index is 11.1. The van der Waals surface area contributed by atoms with E-state index in [2.05, 4.69) is 31.1 Å². The van der Waals surface area contributed by atoms with Crippen LogP contribution in [0.2, 0.25) is 0 Å². The van der Waals surface area contributed by atoms with Crippen molar-refractivity contribution in [3.63, 3.8) is 0 Å². The van der Waals surface area contributed by atoms with Crippen molar-refractivity contribution < 1.29 is 4.79 Å². The molecule has 5 heteroatoms. The van der Waals surface area contributed by atoms with Crippen LogP contribution in [0, 0.1) is 11.8 Å². The molecule has 0 saturated heterocycles. The van der Waals surface area contributed by atoms with E-state index >= 15 is 0 Å². The van der Waals surface area contributed by atoms with Crippen LogP contribution in [0.3, 0.4) is 0 Å². The minimum absolute atomic E-state index is 0.199. The fourth-order valence-corrected chi connectivity index (χ4v) is 2.44. The number of carbonyl (C=O) groups is 1. The van der Waals surface area contributed by atoms with Crippen LogP contribution in [0.4, 0.5) is 0 Å². The lowest BCUT2D eigenvalue weighted by molar-refractivity contribution is -0.117. The van der Waals surface area contributed by atoms with E-state index in [-0.39, 0.29) is 12.3 Å². The van der Waals surface area contributed by atoms with Crippen molar-refractivity contribution in [3.05, 3.63) is 11.4 Å². The number of hydrogen-bond donors (Lipinski definition) is 1. The summed E-state index contributed by atoms with van der Waals surface area (Å²) in [6.07, 6.45) is 4.75. The van der Waals surface area contributed by atoms with E-state index in [4.69, 9.17) is 5.73 Å². The fourth-order valence-electron chi connectivity index (χ4n) is 2.44. The Balaban J connectivity index is 2.20. The second kappa shape index (κ2) is 5.72. The molecule has 1 aromatic rings. The molecular weight excluding hydrogens is 240 g/mol. The van der Waals surface area contributed by atoms with Crippen molar-refractivity contribution in [1.29, 1.82) is 0 Å². The van der Waals surface area contributed by atoms with Gasteiger partial charge in [0.15, 0.2) is 0 Å². The quantitative estimate of drug-likeness (QED) is 0.817. The molecule has 1 unspecified atom stereocenters. The van der Waals surface area contributed by atoms with E-state index in [9.17, 15) is 4.79 Å². The van der Waals surface area contributed by atoms with Gasteiger partial charge in [-0.1, -0.05) is 19.1 Å². The highest BCUT2D eigenvalue weighted by Gasteiger charge is 2.31. The summed E-state index contributed by atoms with van der Waals surface area (Å²) in [6.45, 7) is 6.59. The Bertz CT molecular complexity index is 448. The summed E-state index contributed by atoms with van der Waals surface area (Å²) in [5, 5.41) is 8.44. The Kier molecular flexibility index (Phi) is 4.22. The van der Waals surface area contributed by atoms with Gasteiger partial charge in [-0.2, -0.15) is 0 Å². The monoisotopic (exact) mass is 264 g/mol. The number of aromatic nitrogens is 3. The first-order chi connectivity index (χ1) is 8.99. The molecule has 0 spiro atoms. The smallest absolute Gasteiger partial charge is 0.223 e. The Morgan fingerprint density at radius 2 is 2.11 bits per heavy atom. The van der Waals surface area contributed by atoms with Crippen molar-refractivity contribution >= 4 is 5.91 Å². The van der Waals surface area contributed by atoms with E-state index in [1.165, 1.54) is 12.8 Å². The molecule has 1 aliphatic rings. The van der Waals surface area contributed by atoms with E-state index in [1.807, 2.05) is 4.68 Å². The highest BCUT2D eigenvalue weighted by molar-refractivity contribution is 5.76. The Morgan fingerprint density at radius 1 is 1.42 bits per heavy atom. The predicted octanol–water partition coefficient (Wildman–Crippen LogP) is 1.87. The van der Waals surface area contributed by atoms with Gasteiger partial charge in [0, 0.05) is 0 Å². The molecule has 106 valence electrons. The zero-order valence-corrected chi connectivity index (χ0v) is 12.1. The SMILES string of the molecule is CC(C)CCc1c(CC(N)=O)nnn1C(C)C1CC1. The van der Waals surface area contributed by atoms with Crippen LogP contribution in [-0.4, -0.2) is 20.9 Å². The molecule has 2 rings (SSSR count). The average molecular weight is 264 g/mol. The molecule has 2 N–H and O–H groups in total. The summed E-state index contributed by atoms with van der Waals surface area (Å²) in [5.41, 5.74) is 7.16. The molecule has 1 amide bonds. The summed E-state index contributed by atoms with van der Waals surface area (Å²) >= 11 is 0. The summed E-state index contributed by atoms with van der Waals surface area (Å²) in [5.74, 6) is 1.01. The second-order valence-electron chi connectivity index (χ2n) is 6.08. The van der Waals surface area contributed by atoms with Crippen molar-refractivity contribution in [3.8, 4) is 0 Å². The molecule has 0 bridgehead atoms. The predicted molar refractivity (Wildman–Crippen MR) is 73.5 cm³/mol. The molecule has 1 fully saturated rings. The Morgan fingerprint density at radius 3 is 2.63 bits per heavy atom. The molecule has 1 saturated carbocycles. The van der Waals surface area contributed by atoms with Gasteiger partial charge in [-0.15, -0.1) is 5.10 Å². The van der Waals surface area contributed by atoms with Gasteiger partial charge < -0.3 is 5.73 Å². The lowest BCUT2D eigenvalue weighted by atomic mass is 10.0. The van der Waals surface area contributed by atoms with Crippen molar-refractivity contribution in [2.45, 2.75) is 58.9 Å². The van der Waals surface area contributed by atoms with Gasteiger partial charge in [0.1, 0.15) is 0 Å². The normalized spacial score (nSPS) is 16.8. The first kappa shape index (κ1) is 14.0. The number of primary amides is 1. The van der Waals surface area contributed by atoms with E-state index < -0.39 is 0 Å². The molecule has 5 nitrogen and oxygen atoms in total. The van der Waals surface area contributed by atoms with Crippen LogP contribution in [0.25, 0.3) is 0 Å². The number of rotatable bonds is 7. The molecule has 1 atom stereocenters. The Hall–Kier alpha value is -1.39. The first-order valence-corrected chi connectivity index (χ1v) is 7.20. The second-order valence-corrected chi connectivity index (χ2v) is 6.08. The van der Waals surface area contributed by atoms with E-state index in [1.54, 1.807) is 0 Å². The van der Waals surface area contributed by atoms with Crippen molar-refractivity contribution in [1.82, 2.24) is 15.0 Å². The standard InChI is InChI=1S/C14H24N4O/c1-9(2)4-7-13-12(8-14(15)19)16-17-18(13)10(3)11-5-6-11/h9-11H,4-8H2,1-3H3,(H2,15,19). The maximum Gasteiger partial charge on any atom is 0.223 e. The zero-order chi connectivity index (χ0) is 14.0. The third-order valence-electron chi connectivity index (χ3n) is 3.86. The number of amides is 1. The third kappa shape index (κ3) is 3.55. The van der Waals surface area contributed by atoms with Crippen LogP contribution in [0.5, 0.6) is 0 Å². The third-order valence-corrected chi connectivity index (χ3v) is 3.86. The molecular formula is C14H24N4O. The van der Waals surface area contributed by atoms with Crippen LogP contribution < -0.4 is 5.73 Å². The molecule has 19 heavy (non-hydrogen) atoms. The van der Waals surface area contributed by atoms with Gasteiger partial charge in [-0.25, -0.2) is 4.68 Å². The van der Waals surface area contributed by atoms with Gasteiger partial charge in [0.2, 0.25) is 5.91 Å². The highest BCUT2D eigenvalue weighted by Crippen LogP contribution is 2.39. The largest absolute Gasteiger partial charge is 0.369 e. The first-order valence-electron chi connectivity index (χ1n) is 7.20. The number of nitrogens with two attached hydrogens (primary N) is 1. The number of nitrogens with zero attached hydrogens (tertiary/aromatic N) is 3. The number of hydrogen-bond acceptors (Lipinski definition) is 3. The van der Waals surface area contributed by atoms with Gasteiger partial charge in [0.05, 0.1) is 23.9 Å². The van der Waals surface area contributed by atoms with Crippen LogP contribution >= 0.6 is 0 Å². The number of carbonyl (C=O) groups excluding carboxylic acids is 1. The minimum atomic E-state index is -0.336. The van der Waals surface area contributed by atoms with E-state index in [0.29, 0.717) is 12.0 Å². The van der Waals surface area contributed by atoms with Gasteiger partial charge in [0.25, 0.3) is 0 Å². The molecule has 0 aromatic carbocycles.